The molecule has 140 valence electrons. The van der Waals surface area contributed by atoms with Gasteiger partial charge >= 0.3 is 0 Å². The Labute approximate surface area is 162 Å². The molecule has 0 bridgehead atoms. The van der Waals surface area contributed by atoms with Crippen molar-refractivity contribution in [2.24, 2.45) is 11.8 Å². The SMILES string of the molecule is CC(C)[C@H]1C(=O)N(S(C)(=O)=O)C2=CCN(C(=O)c3ccc(CBr)cc3)[C@@H]21. The number of hydrogen-bond donors (Lipinski definition) is 0. The summed E-state index contributed by atoms with van der Waals surface area (Å²) >= 11 is 3.37. The summed E-state index contributed by atoms with van der Waals surface area (Å²) in [6.07, 6.45) is 2.70. The Balaban J connectivity index is 1.97. The first-order chi connectivity index (χ1) is 12.2. The number of amides is 2. The normalized spacial score (nSPS) is 22.8. The first-order valence-electron chi connectivity index (χ1n) is 8.37. The number of alkyl halides is 1. The Morgan fingerprint density at radius 3 is 2.38 bits per heavy atom. The van der Waals surface area contributed by atoms with Gasteiger partial charge in [-0.05, 0) is 29.7 Å². The Kier molecular flexibility index (Phi) is 5.00. The Morgan fingerprint density at radius 2 is 1.88 bits per heavy atom. The number of nitrogens with zero attached hydrogens (tertiary/aromatic N) is 2. The van der Waals surface area contributed by atoms with Crippen LogP contribution in [-0.4, -0.2) is 48.3 Å². The van der Waals surface area contributed by atoms with E-state index in [1.165, 1.54) is 0 Å². The largest absolute Gasteiger partial charge is 0.325 e. The van der Waals surface area contributed by atoms with Gasteiger partial charge in [0.05, 0.1) is 23.9 Å². The number of benzene rings is 1. The molecule has 1 saturated heterocycles. The van der Waals surface area contributed by atoms with Crippen molar-refractivity contribution >= 4 is 37.8 Å². The standard InChI is InChI=1S/C18H21BrN2O4S/c1-11(2)15-16-14(21(18(15)23)26(3,24)25)8-9-20(16)17(22)13-6-4-12(10-19)5-7-13/h4-8,11,15-16H,9-10H2,1-3H3/t15-,16+/m1/s1. The van der Waals surface area contributed by atoms with E-state index < -0.39 is 27.9 Å². The van der Waals surface area contributed by atoms with Gasteiger partial charge in [0, 0.05) is 17.4 Å². The molecule has 8 heteroatoms. The zero-order chi connectivity index (χ0) is 19.2. The van der Waals surface area contributed by atoms with E-state index in [9.17, 15) is 18.0 Å². The molecule has 1 fully saturated rings. The van der Waals surface area contributed by atoms with Crippen LogP contribution < -0.4 is 0 Å². The third-order valence-electron chi connectivity index (χ3n) is 4.86. The Hall–Kier alpha value is -1.67. The van der Waals surface area contributed by atoms with Crippen molar-refractivity contribution in [3.05, 3.63) is 47.2 Å². The predicted molar refractivity (Wildman–Crippen MR) is 102 cm³/mol. The summed E-state index contributed by atoms with van der Waals surface area (Å²) in [5.41, 5.74) is 1.99. The molecule has 2 amide bonds. The second-order valence-corrected chi connectivity index (χ2v) is 9.39. The molecule has 0 aliphatic carbocycles. The fraction of sp³-hybridized carbons (Fsp3) is 0.444. The molecule has 0 unspecified atom stereocenters. The topological polar surface area (TPSA) is 74.8 Å². The predicted octanol–water partition coefficient (Wildman–Crippen LogP) is 2.36. The zero-order valence-electron chi connectivity index (χ0n) is 14.8. The molecule has 0 radical (unpaired) electrons. The molecule has 6 nitrogen and oxygen atoms in total. The average molecular weight is 441 g/mol. The van der Waals surface area contributed by atoms with Crippen LogP contribution in [0.3, 0.4) is 0 Å². The number of hydrogen-bond acceptors (Lipinski definition) is 4. The van der Waals surface area contributed by atoms with E-state index in [0.717, 1.165) is 16.1 Å². The van der Waals surface area contributed by atoms with Gasteiger partial charge in [-0.1, -0.05) is 41.9 Å². The second kappa shape index (κ2) is 6.81. The fourth-order valence-corrected chi connectivity index (χ4v) is 5.07. The highest BCUT2D eigenvalue weighted by Crippen LogP contribution is 2.41. The molecule has 1 aromatic rings. The van der Waals surface area contributed by atoms with Crippen LogP contribution in [0.1, 0.15) is 29.8 Å². The van der Waals surface area contributed by atoms with Gasteiger partial charge < -0.3 is 4.90 Å². The minimum Gasteiger partial charge on any atom is -0.325 e. The lowest BCUT2D eigenvalue weighted by molar-refractivity contribution is -0.128. The smallest absolute Gasteiger partial charge is 0.254 e. The number of fused-ring (bicyclic) bond motifs is 1. The van der Waals surface area contributed by atoms with Crippen molar-refractivity contribution in [3.8, 4) is 0 Å². The monoisotopic (exact) mass is 440 g/mol. The highest BCUT2D eigenvalue weighted by Gasteiger charge is 2.54. The summed E-state index contributed by atoms with van der Waals surface area (Å²) in [6, 6.07) is 6.71. The minimum absolute atomic E-state index is 0.0909. The molecule has 1 aromatic carbocycles. The van der Waals surface area contributed by atoms with Crippen LogP contribution in [0.5, 0.6) is 0 Å². The lowest BCUT2D eigenvalue weighted by Crippen LogP contribution is -2.42. The van der Waals surface area contributed by atoms with E-state index in [1.807, 2.05) is 26.0 Å². The van der Waals surface area contributed by atoms with Gasteiger partial charge in [-0.3, -0.25) is 9.59 Å². The molecule has 2 aliphatic rings. The molecule has 2 atom stereocenters. The summed E-state index contributed by atoms with van der Waals surface area (Å²) in [5.74, 6) is -1.31. The number of rotatable bonds is 4. The van der Waals surface area contributed by atoms with Gasteiger partial charge in [0.2, 0.25) is 15.9 Å². The van der Waals surface area contributed by atoms with Gasteiger partial charge in [0.1, 0.15) is 0 Å². The molecule has 0 N–H and O–H groups in total. The minimum atomic E-state index is -3.72. The van der Waals surface area contributed by atoms with Gasteiger partial charge in [0.25, 0.3) is 5.91 Å². The molecule has 2 aliphatic heterocycles. The maximum absolute atomic E-state index is 13.0. The van der Waals surface area contributed by atoms with E-state index >= 15 is 0 Å². The van der Waals surface area contributed by atoms with Crippen molar-refractivity contribution in [2.75, 3.05) is 12.8 Å². The molecule has 0 saturated carbocycles. The number of carbonyl (C=O) groups is 2. The van der Waals surface area contributed by atoms with Crippen LogP contribution >= 0.6 is 15.9 Å². The van der Waals surface area contributed by atoms with Crippen molar-refractivity contribution in [1.82, 2.24) is 9.21 Å². The van der Waals surface area contributed by atoms with Gasteiger partial charge in [-0.2, -0.15) is 0 Å². The highest BCUT2D eigenvalue weighted by atomic mass is 79.9. The van der Waals surface area contributed by atoms with E-state index in [0.29, 0.717) is 23.1 Å². The molecule has 2 heterocycles. The van der Waals surface area contributed by atoms with Crippen LogP contribution in [-0.2, 0) is 20.1 Å². The highest BCUT2D eigenvalue weighted by molar-refractivity contribution is 9.08. The Morgan fingerprint density at radius 1 is 1.27 bits per heavy atom. The molecule has 0 aromatic heterocycles. The molecular weight excluding hydrogens is 420 g/mol. The third kappa shape index (κ3) is 3.09. The Bertz CT molecular complexity index is 877. The first kappa shape index (κ1) is 19.1. The van der Waals surface area contributed by atoms with Crippen LogP contribution in [0.25, 0.3) is 0 Å². The molecule has 3 rings (SSSR count). The van der Waals surface area contributed by atoms with Crippen molar-refractivity contribution in [1.29, 1.82) is 0 Å². The van der Waals surface area contributed by atoms with E-state index in [4.69, 9.17) is 0 Å². The second-order valence-electron chi connectivity index (χ2n) is 7.00. The molecule has 26 heavy (non-hydrogen) atoms. The zero-order valence-corrected chi connectivity index (χ0v) is 17.2. The third-order valence-corrected chi connectivity index (χ3v) is 6.56. The summed E-state index contributed by atoms with van der Waals surface area (Å²) in [6.45, 7) is 4.04. The van der Waals surface area contributed by atoms with E-state index in [-0.39, 0.29) is 11.8 Å². The quantitative estimate of drug-likeness (QED) is 0.673. The summed E-state index contributed by atoms with van der Waals surface area (Å²) in [7, 11) is -3.72. The van der Waals surface area contributed by atoms with Crippen LogP contribution in [0, 0.1) is 11.8 Å². The molecular formula is C18H21BrN2O4S. The number of halogens is 1. The van der Waals surface area contributed by atoms with Gasteiger partial charge in [-0.15, -0.1) is 0 Å². The first-order valence-corrected chi connectivity index (χ1v) is 11.3. The summed E-state index contributed by atoms with van der Waals surface area (Å²) in [4.78, 5) is 27.4. The van der Waals surface area contributed by atoms with E-state index in [1.54, 1.807) is 23.1 Å². The van der Waals surface area contributed by atoms with Crippen LogP contribution in [0.4, 0.5) is 0 Å². The van der Waals surface area contributed by atoms with Crippen molar-refractivity contribution < 1.29 is 18.0 Å². The number of sulfonamides is 1. The summed E-state index contributed by atoms with van der Waals surface area (Å²) in [5, 5.41) is 0.701. The van der Waals surface area contributed by atoms with Crippen molar-refractivity contribution in [3.63, 3.8) is 0 Å². The summed E-state index contributed by atoms with van der Waals surface area (Å²) < 4.78 is 25.1. The number of carbonyl (C=O) groups excluding carboxylic acids is 2. The van der Waals surface area contributed by atoms with Gasteiger partial charge in [-0.25, -0.2) is 12.7 Å². The van der Waals surface area contributed by atoms with Crippen LogP contribution in [0.2, 0.25) is 0 Å². The molecule has 0 spiro atoms. The average Bonchev–Trinajstić information content (AvgIpc) is 3.09. The van der Waals surface area contributed by atoms with Crippen molar-refractivity contribution in [2.45, 2.75) is 25.2 Å². The van der Waals surface area contributed by atoms with Gasteiger partial charge in [0.15, 0.2) is 0 Å². The fourth-order valence-electron chi connectivity index (χ4n) is 3.68. The lowest BCUT2D eigenvalue weighted by atomic mass is 9.89. The van der Waals surface area contributed by atoms with Crippen LogP contribution in [0.15, 0.2) is 36.0 Å². The van der Waals surface area contributed by atoms with E-state index in [2.05, 4.69) is 15.9 Å². The maximum atomic E-state index is 13.0. The lowest BCUT2D eigenvalue weighted by Gasteiger charge is -2.29. The maximum Gasteiger partial charge on any atom is 0.254 e.